The zero-order valence-corrected chi connectivity index (χ0v) is 21.3. The smallest absolute Gasteiger partial charge is 0.326 e. The maximum atomic E-state index is 13.2. The van der Waals surface area contributed by atoms with Crippen molar-refractivity contribution >= 4 is 29.7 Å². The molecular formula is C26H32N4O10. The van der Waals surface area contributed by atoms with Crippen molar-refractivity contribution < 1.29 is 49.5 Å². The van der Waals surface area contributed by atoms with E-state index in [-0.39, 0.29) is 30.8 Å². The summed E-state index contributed by atoms with van der Waals surface area (Å²) in [5, 5.41) is 54.1. The van der Waals surface area contributed by atoms with E-state index in [9.17, 15) is 44.4 Å². The van der Waals surface area contributed by atoms with Gasteiger partial charge in [-0.1, -0.05) is 24.3 Å². The third-order valence-corrected chi connectivity index (χ3v) is 5.82. The van der Waals surface area contributed by atoms with E-state index < -0.39 is 66.9 Å². The second kappa shape index (κ2) is 15.0. The zero-order chi connectivity index (χ0) is 29.8. The van der Waals surface area contributed by atoms with Crippen molar-refractivity contribution in [1.29, 1.82) is 0 Å². The summed E-state index contributed by atoms with van der Waals surface area (Å²) in [4.78, 5) is 61.0. The van der Waals surface area contributed by atoms with Crippen molar-refractivity contribution in [3.63, 3.8) is 0 Å². The molecule has 0 aliphatic rings. The number of nitrogens with two attached hydrogens (primary N) is 1. The number of phenolic OH excluding ortho intramolecular Hbond substituents is 2. The number of carboxylic acids is 2. The molecule has 2 rings (SSSR count). The highest BCUT2D eigenvalue weighted by Crippen LogP contribution is 2.14. The quantitative estimate of drug-likeness (QED) is 0.123. The Kier molecular flexibility index (Phi) is 11.9. The molecule has 0 fully saturated rings. The first-order valence-electron chi connectivity index (χ1n) is 12.2. The minimum absolute atomic E-state index is 0.0234. The second-order valence-corrected chi connectivity index (χ2v) is 8.98. The number of phenols is 2. The van der Waals surface area contributed by atoms with E-state index >= 15 is 0 Å². The standard InChI is InChI=1S/C26H32N4O10/c27-18(9-10-22(34)35)23(36)30-21(13-31)25(38)28-19(11-14-1-5-16(32)6-2-14)24(37)29-20(26(39)40)12-15-3-7-17(33)8-4-15/h1-8,18-21,31-33H,9-13,27H2,(H,28,38)(H,29,37)(H,30,36)(H,34,35)(H,39,40). The Morgan fingerprint density at radius 2 is 1.10 bits per heavy atom. The van der Waals surface area contributed by atoms with Crippen LogP contribution >= 0.6 is 0 Å². The molecule has 0 saturated heterocycles. The predicted molar refractivity (Wildman–Crippen MR) is 139 cm³/mol. The molecule has 14 nitrogen and oxygen atoms in total. The molecule has 0 bridgehead atoms. The van der Waals surface area contributed by atoms with Crippen LogP contribution in [0, 0.1) is 0 Å². The number of rotatable bonds is 15. The van der Waals surface area contributed by atoms with Crippen molar-refractivity contribution in [3.05, 3.63) is 59.7 Å². The summed E-state index contributed by atoms with van der Waals surface area (Å²) in [5.41, 5.74) is 6.64. The third-order valence-electron chi connectivity index (χ3n) is 5.82. The highest BCUT2D eigenvalue weighted by Gasteiger charge is 2.30. The first-order chi connectivity index (χ1) is 18.9. The highest BCUT2D eigenvalue weighted by atomic mass is 16.4. The van der Waals surface area contributed by atoms with Gasteiger partial charge in [-0.05, 0) is 41.8 Å². The van der Waals surface area contributed by atoms with Gasteiger partial charge >= 0.3 is 11.9 Å². The number of aliphatic hydroxyl groups excluding tert-OH is 1. The van der Waals surface area contributed by atoms with E-state index in [4.69, 9.17) is 10.8 Å². The summed E-state index contributed by atoms with van der Waals surface area (Å²) in [6.07, 6.45) is -0.892. The molecule has 10 N–H and O–H groups in total. The van der Waals surface area contributed by atoms with Crippen LogP contribution in [-0.4, -0.2) is 86.0 Å². The van der Waals surface area contributed by atoms with E-state index in [0.717, 1.165) is 0 Å². The summed E-state index contributed by atoms with van der Waals surface area (Å²) >= 11 is 0. The average Bonchev–Trinajstić information content (AvgIpc) is 2.91. The van der Waals surface area contributed by atoms with E-state index in [1.54, 1.807) is 0 Å². The van der Waals surface area contributed by atoms with Crippen molar-refractivity contribution in [1.82, 2.24) is 16.0 Å². The SMILES string of the molecule is NC(CCC(=O)O)C(=O)NC(CO)C(=O)NC(Cc1ccc(O)cc1)C(=O)NC(Cc1ccc(O)cc1)C(=O)O. The normalized spacial score (nSPS) is 13.8. The number of aliphatic hydroxyl groups is 1. The fraction of sp³-hybridized carbons (Fsp3) is 0.346. The fourth-order valence-electron chi connectivity index (χ4n) is 3.57. The molecule has 0 aliphatic heterocycles. The molecule has 40 heavy (non-hydrogen) atoms. The maximum absolute atomic E-state index is 13.2. The zero-order valence-electron chi connectivity index (χ0n) is 21.3. The molecule has 0 aliphatic carbocycles. The maximum Gasteiger partial charge on any atom is 0.326 e. The predicted octanol–water partition coefficient (Wildman–Crippen LogP) is -1.39. The molecule has 14 heteroatoms. The molecule has 0 aromatic heterocycles. The molecule has 2 aromatic carbocycles. The number of carbonyl (C=O) groups is 5. The lowest BCUT2D eigenvalue weighted by atomic mass is 10.0. The molecule has 0 heterocycles. The Hall–Kier alpha value is -4.69. The summed E-state index contributed by atoms with van der Waals surface area (Å²) in [6, 6.07) is 5.78. The van der Waals surface area contributed by atoms with E-state index in [1.165, 1.54) is 48.5 Å². The lowest BCUT2D eigenvalue weighted by Gasteiger charge is -2.24. The van der Waals surface area contributed by atoms with Gasteiger partial charge < -0.3 is 47.2 Å². The van der Waals surface area contributed by atoms with Crippen molar-refractivity contribution in [2.24, 2.45) is 5.73 Å². The Balaban J connectivity index is 2.19. The fourth-order valence-corrected chi connectivity index (χ4v) is 3.57. The van der Waals surface area contributed by atoms with Gasteiger partial charge in [-0.3, -0.25) is 19.2 Å². The Labute approximate surface area is 228 Å². The van der Waals surface area contributed by atoms with Gasteiger partial charge in [0.25, 0.3) is 0 Å². The summed E-state index contributed by atoms with van der Waals surface area (Å²) in [7, 11) is 0. The molecule has 4 unspecified atom stereocenters. The lowest BCUT2D eigenvalue weighted by Crippen LogP contribution is -2.58. The number of amides is 3. The molecule has 0 spiro atoms. The van der Waals surface area contributed by atoms with Gasteiger partial charge in [-0.25, -0.2) is 4.79 Å². The first-order valence-corrected chi connectivity index (χ1v) is 12.2. The van der Waals surface area contributed by atoms with Crippen molar-refractivity contribution in [2.75, 3.05) is 6.61 Å². The van der Waals surface area contributed by atoms with Gasteiger partial charge in [0, 0.05) is 19.3 Å². The number of hydrogen-bond acceptors (Lipinski definition) is 9. The van der Waals surface area contributed by atoms with Crippen LogP contribution in [0.15, 0.2) is 48.5 Å². The molecule has 216 valence electrons. The van der Waals surface area contributed by atoms with Crippen LogP contribution in [-0.2, 0) is 36.8 Å². The number of hydrogen-bond donors (Lipinski definition) is 9. The monoisotopic (exact) mass is 560 g/mol. The van der Waals surface area contributed by atoms with Crippen LogP contribution in [0.5, 0.6) is 11.5 Å². The number of aromatic hydroxyl groups is 2. The van der Waals surface area contributed by atoms with Crippen LogP contribution in [0.1, 0.15) is 24.0 Å². The molecule has 0 saturated carbocycles. The number of benzene rings is 2. The highest BCUT2D eigenvalue weighted by molar-refractivity contribution is 5.94. The van der Waals surface area contributed by atoms with Gasteiger partial charge in [-0.2, -0.15) is 0 Å². The first kappa shape index (κ1) is 31.5. The molecule has 0 radical (unpaired) electrons. The topological polar surface area (TPSA) is 249 Å². The van der Waals surface area contributed by atoms with Crippen molar-refractivity contribution in [2.45, 2.75) is 49.9 Å². The van der Waals surface area contributed by atoms with Crippen LogP contribution in [0.4, 0.5) is 0 Å². The average molecular weight is 561 g/mol. The van der Waals surface area contributed by atoms with E-state index in [2.05, 4.69) is 16.0 Å². The van der Waals surface area contributed by atoms with Crippen LogP contribution in [0.25, 0.3) is 0 Å². The molecule has 2 aromatic rings. The largest absolute Gasteiger partial charge is 0.508 e. The summed E-state index contributed by atoms with van der Waals surface area (Å²) in [5.74, 6) is -5.35. The van der Waals surface area contributed by atoms with Crippen molar-refractivity contribution in [3.8, 4) is 11.5 Å². The molecular weight excluding hydrogens is 528 g/mol. The van der Waals surface area contributed by atoms with Gasteiger partial charge in [-0.15, -0.1) is 0 Å². The van der Waals surface area contributed by atoms with E-state index in [0.29, 0.717) is 11.1 Å². The second-order valence-electron chi connectivity index (χ2n) is 8.98. The minimum Gasteiger partial charge on any atom is -0.508 e. The number of carbonyl (C=O) groups excluding carboxylic acids is 3. The summed E-state index contributed by atoms with van der Waals surface area (Å²) in [6.45, 7) is -0.880. The van der Waals surface area contributed by atoms with E-state index in [1.807, 2.05) is 0 Å². The summed E-state index contributed by atoms with van der Waals surface area (Å²) < 4.78 is 0. The van der Waals surface area contributed by atoms with Gasteiger partial charge in [0.2, 0.25) is 17.7 Å². The number of nitrogens with one attached hydrogen (secondary N) is 3. The van der Waals surface area contributed by atoms with Gasteiger partial charge in [0.15, 0.2) is 0 Å². The van der Waals surface area contributed by atoms with Gasteiger partial charge in [0.1, 0.15) is 29.6 Å². The lowest BCUT2D eigenvalue weighted by molar-refractivity contribution is -0.142. The number of carboxylic acid groups (broad SMARTS) is 2. The van der Waals surface area contributed by atoms with Gasteiger partial charge in [0.05, 0.1) is 12.6 Å². The number of aliphatic carboxylic acids is 2. The Morgan fingerprint density at radius 3 is 1.55 bits per heavy atom. The minimum atomic E-state index is -1.55. The third kappa shape index (κ3) is 10.2. The van der Waals surface area contributed by atoms with Crippen LogP contribution in [0.2, 0.25) is 0 Å². The Morgan fingerprint density at radius 1 is 0.675 bits per heavy atom. The van der Waals surface area contributed by atoms with Crippen LogP contribution < -0.4 is 21.7 Å². The Bertz CT molecular complexity index is 1190. The van der Waals surface area contributed by atoms with Crippen LogP contribution in [0.3, 0.4) is 0 Å². The molecule has 3 amide bonds. The molecule has 4 atom stereocenters.